The molecule has 1 aliphatic carbocycles. The van der Waals surface area contributed by atoms with Crippen molar-refractivity contribution >= 4 is 0 Å². The lowest BCUT2D eigenvalue weighted by Crippen LogP contribution is -2.64. The van der Waals surface area contributed by atoms with Gasteiger partial charge in [0.25, 0.3) is 0 Å². The van der Waals surface area contributed by atoms with Gasteiger partial charge in [0, 0.05) is 24.7 Å². The second-order valence-corrected chi connectivity index (χ2v) is 9.47. The number of hydrogen-bond donors (Lipinski definition) is 1. The molecule has 0 amide bonds. The minimum absolute atomic E-state index is 0.222. The van der Waals surface area contributed by atoms with Crippen LogP contribution in [0.4, 0.5) is 0 Å². The maximum atomic E-state index is 6.38. The molecule has 1 saturated carbocycles. The van der Waals surface area contributed by atoms with Crippen molar-refractivity contribution in [3.63, 3.8) is 0 Å². The Morgan fingerprint density at radius 3 is 2.00 bits per heavy atom. The van der Waals surface area contributed by atoms with Gasteiger partial charge >= 0.3 is 0 Å². The third-order valence-corrected chi connectivity index (χ3v) is 5.68. The highest BCUT2D eigenvalue weighted by molar-refractivity contribution is 5.06. The molecule has 1 aliphatic heterocycles. The van der Waals surface area contributed by atoms with Gasteiger partial charge in [0.05, 0.1) is 0 Å². The minimum atomic E-state index is 0.222. The van der Waals surface area contributed by atoms with Gasteiger partial charge in [-0.15, -0.1) is 0 Å². The number of nitrogens with zero attached hydrogens (tertiary/aromatic N) is 1. The van der Waals surface area contributed by atoms with Crippen LogP contribution in [-0.4, -0.2) is 29.6 Å². The van der Waals surface area contributed by atoms with Crippen LogP contribution >= 0.6 is 0 Å². The number of nitrogens with two attached hydrogens (primary N) is 1. The summed E-state index contributed by atoms with van der Waals surface area (Å²) in [5, 5.41) is 0. The molecule has 2 atom stereocenters. The van der Waals surface area contributed by atoms with Gasteiger partial charge in [0.1, 0.15) is 0 Å². The topological polar surface area (TPSA) is 29.3 Å². The molecule has 2 N–H and O–H groups in total. The molecule has 0 bridgehead atoms. The van der Waals surface area contributed by atoms with E-state index in [4.69, 9.17) is 5.73 Å². The van der Waals surface area contributed by atoms with Gasteiger partial charge in [0.15, 0.2) is 0 Å². The first-order valence-electron chi connectivity index (χ1n) is 8.56. The van der Waals surface area contributed by atoms with Crippen LogP contribution < -0.4 is 5.73 Å². The van der Waals surface area contributed by atoms with E-state index in [0.717, 1.165) is 12.5 Å². The lowest BCUT2D eigenvalue weighted by atomic mass is 9.57. The molecular weight excluding hydrogens is 244 g/mol. The summed E-state index contributed by atoms with van der Waals surface area (Å²) in [7, 11) is 0. The second-order valence-electron chi connectivity index (χ2n) is 9.47. The van der Waals surface area contributed by atoms with Crippen molar-refractivity contribution in [1.29, 1.82) is 0 Å². The summed E-state index contributed by atoms with van der Waals surface area (Å²) in [6.07, 6.45) is 6.56. The Labute approximate surface area is 126 Å². The zero-order valence-electron chi connectivity index (χ0n) is 14.6. The van der Waals surface area contributed by atoms with E-state index in [9.17, 15) is 0 Å². The van der Waals surface area contributed by atoms with Crippen LogP contribution in [0.1, 0.15) is 73.6 Å². The summed E-state index contributed by atoms with van der Waals surface area (Å²) in [4.78, 5) is 2.80. The van der Waals surface area contributed by atoms with Gasteiger partial charge in [-0.05, 0) is 55.8 Å². The van der Waals surface area contributed by atoms with Crippen molar-refractivity contribution in [2.45, 2.75) is 85.2 Å². The van der Waals surface area contributed by atoms with Crippen molar-refractivity contribution < 1.29 is 0 Å². The number of likely N-dealkylation sites (tertiary alicyclic amines) is 1. The normalized spacial score (nSPS) is 36.8. The van der Waals surface area contributed by atoms with E-state index in [1.54, 1.807) is 0 Å². The molecule has 0 radical (unpaired) electrons. The molecule has 2 rings (SSSR count). The molecule has 1 saturated heterocycles. The van der Waals surface area contributed by atoms with Crippen LogP contribution in [0.15, 0.2) is 0 Å². The highest BCUT2D eigenvalue weighted by Gasteiger charge is 2.51. The smallest absolute Gasteiger partial charge is 0.0344 e. The minimum Gasteiger partial charge on any atom is -0.329 e. The molecule has 0 spiro atoms. The zero-order chi connectivity index (χ0) is 15.2. The standard InChI is InChI=1S/C18H36N2/c1-14-7-8-15(2)20(9-14)18(13-19)11-16(3,4)10-17(5,6)12-18/h14-15H,7-13,19H2,1-6H3. The van der Waals surface area contributed by atoms with Crippen LogP contribution in [0.25, 0.3) is 0 Å². The fraction of sp³-hybridized carbons (Fsp3) is 1.00. The first kappa shape index (κ1) is 16.3. The Morgan fingerprint density at radius 2 is 1.50 bits per heavy atom. The molecule has 118 valence electrons. The number of rotatable bonds is 2. The quantitative estimate of drug-likeness (QED) is 0.827. The molecule has 20 heavy (non-hydrogen) atoms. The van der Waals surface area contributed by atoms with Crippen molar-refractivity contribution in [1.82, 2.24) is 4.90 Å². The van der Waals surface area contributed by atoms with Crippen LogP contribution in [0.3, 0.4) is 0 Å². The Balaban J connectivity index is 2.31. The van der Waals surface area contributed by atoms with Gasteiger partial charge in [-0.25, -0.2) is 0 Å². The highest BCUT2D eigenvalue weighted by atomic mass is 15.2. The van der Waals surface area contributed by atoms with Crippen molar-refractivity contribution in [3.05, 3.63) is 0 Å². The molecular formula is C18H36N2. The maximum absolute atomic E-state index is 6.38. The predicted octanol–water partition coefficient (Wildman–Crippen LogP) is 4.04. The molecule has 0 aromatic heterocycles. The Hall–Kier alpha value is -0.0800. The predicted molar refractivity (Wildman–Crippen MR) is 87.8 cm³/mol. The van der Waals surface area contributed by atoms with E-state index in [2.05, 4.69) is 46.4 Å². The monoisotopic (exact) mass is 280 g/mol. The van der Waals surface area contributed by atoms with Crippen molar-refractivity contribution in [2.24, 2.45) is 22.5 Å². The highest BCUT2D eigenvalue weighted by Crippen LogP contribution is 2.53. The zero-order valence-corrected chi connectivity index (χ0v) is 14.6. The molecule has 0 aromatic rings. The first-order chi connectivity index (χ1) is 9.09. The van der Waals surface area contributed by atoms with E-state index in [1.807, 2.05) is 0 Å². The van der Waals surface area contributed by atoms with Crippen LogP contribution in [0.5, 0.6) is 0 Å². The number of piperidine rings is 1. The first-order valence-corrected chi connectivity index (χ1v) is 8.56. The fourth-order valence-electron chi connectivity index (χ4n) is 5.68. The lowest BCUT2D eigenvalue weighted by Gasteiger charge is -2.59. The summed E-state index contributed by atoms with van der Waals surface area (Å²) < 4.78 is 0. The molecule has 2 heteroatoms. The van der Waals surface area contributed by atoms with Crippen molar-refractivity contribution in [2.75, 3.05) is 13.1 Å². The largest absolute Gasteiger partial charge is 0.329 e. The molecule has 2 nitrogen and oxygen atoms in total. The molecule has 2 fully saturated rings. The molecule has 2 unspecified atom stereocenters. The second kappa shape index (κ2) is 5.28. The van der Waals surface area contributed by atoms with Crippen molar-refractivity contribution in [3.8, 4) is 0 Å². The van der Waals surface area contributed by atoms with Gasteiger partial charge in [-0.1, -0.05) is 34.6 Å². The van der Waals surface area contributed by atoms with Gasteiger partial charge in [-0.3, -0.25) is 4.90 Å². The van der Waals surface area contributed by atoms with Gasteiger partial charge in [0.2, 0.25) is 0 Å². The van der Waals surface area contributed by atoms with Gasteiger partial charge < -0.3 is 5.73 Å². The molecule has 2 aliphatic rings. The summed E-state index contributed by atoms with van der Waals surface area (Å²) in [5.74, 6) is 0.822. The average Bonchev–Trinajstić information content (AvgIpc) is 2.28. The summed E-state index contributed by atoms with van der Waals surface area (Å²) in [5.41, 5.74) is 7.41. The summed E-state index contributed by atoms with van der Waals surface area (Å²) >= 11 is 0. The Morgan fingerprint density at radius 1 is 0.950 bits per heavy atom. The van der Waals surface area contributed by atoms with Crippen LogP contribution in [0, 0.1) is 16.7 Å². The Bertz CT molecular complexity index is 329. The fourth-order valence-corrected chi connectivity index (χ4v) is 5.68. The van der Waals surface area contributed by atoms with Gasteiger partial charge in [-0.2, -0.15) is 0 Å². The van der Waals surface area contributed by atoms with E-state index in [-0.39, 0.29) is 5.54 Å². The summed E-state index contributed by atoms with van der Waals surface area (Å²) in [6, 6.07) is 0.694. The van der Waals surface area contributed by atoms with E-state index >= 15 is 0 Å². The summed E-state index contributed by atoms with van der Waals surface area (Å²) in [6.45, 7) is 16.6. The maximum Gasteiger partial charge on any atom is 0.0344 e. The molecule has 1 heterocycles. The SMILES string of the molecule is CC1CCC(C)N(C2(CN)CC(C)(C)CC(C)(C)C2)C1. The van der Waals surface area contributed by atoms with E-state index in [0.29, 0.717) is 16.9 Å². The molecule has 0 aromatic carbocycles. The Kier molecular flexibility index (Phi) is 4.30. The van der Waals surface area contributed by atoms with E-state index < -0.39 is 0 Å². The third kappa shape index (κ3) is 3.22. The van der Waals surface area contributed by atoms with E-state index in [1.165, 1.54) is 38.6 Å². The lowest BCUT2D eigenvalue weighted by molar-refractivity contribution is -0.0782. The number of hydrogen-bond acceptors (Lipinski definition) is 2. The van der Waals surface area contributed by atoms with Crippen LogP contribution in [0.2, 0.25) is 0 Å². The van der Waals surface area contributed by atoms with Crippen LogP contribution in [-0.2, 0) is 0 Å². The third-order valence-electron chi connectivity index (χ3n) is 5.68. The average molecular weight is 280 g/mol.